The second kappa shape index (κ2) is 7.52. The van der Waals surface area contributed by atoms with E-state index in [0.29, 0.717) is 30.7 Å². The minimum Gasteiger partial charge on any atom is -0.342 e. The molecule has 0 bridgehead atoms. The van der Waals surface area contributed by atoms with Crippen molar-refractivity contribution >= 4 is 11.8 Å². The molecule has 0 saturated carbocycles. The van der Waals surface area contributed by atoms with Crippen molar-refractivity contribution in [3.63, 3.8) is 0 Å². The quantitative estimate of drug-likeness (QED) is 0.780. The van der Waals surface area contributed by atoms with Crippen LogP contribution in [0, 0.1) is 6.92 Å². The third-order valence-electron chi connectivity index (χ3n) is 7.16. The number of hydrogen-bond acceptors (Lipinski definition) is 5. The molecule has 2 aliphatic heterocycles. The van der Waals surface area contributed by atoms with Gasteiger partial charge in [0.25, 0.3) is 0 Å². The third-order valence-corrected chi connectivity index (χ3v) is 7.16. The first-order valence-corrected chi connectivity index (χ1v) is 11.0. The second-order valence-electron chi connectivity index (χ2n) is 8.95. The second-order valence-corrected chi connectivity index (χ2v) is 8.95. The molecule has 2 aromatic rings. The lowest BCUT2D eigenvalue weighted by molar-refractivity contribution is -0.134. The highest BCUT2D eigenvalue weighted by atomic mass is 16.5. The van der Waals surface area contributed by atoms with Crippen molar-refractivity contribution in [2.45, 2.75) is 56.8 Å². The molecule has 0 N–H and O–H groups in total. The Hall–Kier alpha value is -2.70. The topological polar surface area (TPSA) is 79.5 Å². The van der Waals surface area contributed by atoms with Gasteiger partial charge < -0.3 is 14.3 Å². The number of carbonyl (C=O) groups is 2. The van der Waals surface area contributed by atoms with Gasteiger partial charge in [-0.2, -0.15) is 4.98 Å². The molecule has 3 aliphatic rings. The summed E-state index contributed by atoms with van der Waals surface area (Å²) in [7, 11) is 0. The van der Waals surface area contributed by atoms with E-state index in [0.717, 1.165) is 45.2 Å². The van der Waals surface area contributed by atoms with Crippen molar-refractivity contribution in [2.24, 2.45) is 0 Å². The fourth-order valence-corrected chi connectivity index (χ4v) is 5.58. The van der Waals surface area contributed by atoms with Crippen LogP contribution in [-0.2, 0) is 21.4 Å². The molecule has 2 amide bonds. The van der Waals surface area contributed by atoms with Crippen LogP contribution in [0.25, 0.3) is 0 Å². The lowest BCUT2D eigenvalue weighted by atomic mass is 9.73. The van der Waals surface area contributed by atoms with Gasteiger partial charge in [-0.15, -0.1) is 0 Å². The van der Waals surface area contributed by atoms with Gasteiger partial charge in [-0.05, 0) is 50.2 Å². The van der Waals surface area contributed by atoms with Crippen molar-refractivity contribution < 1.29 is 14.1 Å². The molecule has 2 fully saturated rings. The number of piperidine rings is 1. The lowest BCUT2D eigenvalue weighted by Gasteiger charge is -2.40. The molecule has 7 nitrogen and oxygen atoms in total. The maximum Gasteiger partial charge on any atom is 0.236 e. The fraction of sp³-hybridized carbons (Fsp3) is 0.565. The molecule has 5 rings (SSSR count). The molecular weight excluding hydrogens is 380 g/mol. The molecule has 1 aliphatic carbocycles. The SMILES string of the molecule is Cc1noc(CC(=O)N2CCC3(CC2)CC(C(=O)N2CCCC2)c2ccccc23)n1. The monoisotopic (exact) mass is 408 g/mol. The van der Waals surface area contributed by atoms with Gasteiger partial charge >= 0.3 is 0 Å². The number of nitrogens with zero attached hydrogens (tertiary/aromatic N) is 4. The number of aromatic nitrogens is 2. The molecule has 0 radical (unpaired) electrons. The van der Waals surface area contributed by atoms with Gasteiger partial charge in [0.2, 0.25) is 17.7 Å². The van der Waals surface area contributed by atoms with E-state index in [1.54, 1.807) is 6.92 Å². The van der Waals surface area contributed by atoms with Gasteiger partial charge in [0.15, 0.2) is 5.82 Å². The van der Waals surface area contributed by atoms with Gasteiger partial charge in [-0.25, -0.2) is 0 Å². The molecule has 1 spiro atoms. The summed E-state index contributed by atoms with van der Waals surface area (Å²) in [6.07, 6.45) is 5.03. The molecule has 1 unspecified atom stereocenters. The lowest BCUT2D eigenvalue weighted by Crippen LogP contribution is -2.45. The molecule has 3 heterocycles. The van der Waals surface area contributed by atoms with Crippen LogP contribution >= 0.6 is 0 Å². The highest BCUT2D eigenvalue weighted by Gasteiger charge is 2.48. The Bertz CT molecular complexity index is 955. The van der Waals surface area contributed by atoms with E-state index in [4.69, 9.17) is 4.52 Å². The van der Waals surface area contributed by atoms with Crippen LogP contribution in [0.5, 0.6) is 0 Å². The number of aryl methyl sites for hydroxylation is 1. The van der Waals surface area contributed by atoms with Crippen molar-refractivity contribution in [2.75, 3.05) is 26.2 Å². The predicted molar refractivity (Wildman–Crippen MR) is 110 cm³/mol. The van der Waals surface area contributed by atoms with Crippen LogP contribution in [0.4, 0.5) is 0 Å². The first-order chi connectivity index (χ1) is 14.6. The largest absolute Gasteiger partial charge is 0.342 e. The molecule has 1 aromatic carbocycles. The minimum atomic E-state index is -0.0390. The molecule has 30 heavy (non-hydrogen) atoms. The first kappa shape index (κ1) is 19.3. The maximum atomic E-state index is 13.3. The zero-order valence-corrected chi connectivity index (χ0v) is 17.5. The number of likely N-dealkylation sites (tertiary alicyclic amines) is 2. The Labute approximate surface area is 176 Å². The van der Waals surface area contributed by atoms with Crippen LogP contribution in [0.2, 0.25) is 0 Å². The third kappa shape index (κ3) is 3.30. The summed E-state index contributed by atoms with van der Waals surface area (Å²) in [4.78, 5) is 34.1. The average molecular weight is 409 g/mol. The van der Waals surface area contributed by atoms with E-state index in [-0.39, 0.29) is 23.7 Å². The zero-order valence-electron chi connectivity index (χ0n) is 17.5. The van der Waals surface area contributed by atoms with E-state index in [2.05, 4.69) is 28.3 Å². The van der Waals surface area contributed by atoms with Crippen LogP contribution in [0.3, 0.4) is 0 Å². The minimum absolute atomic E-state index is 0.00546. The van der Waals surface area contributed by atoms with Gasteiger partial charge in [-0.1, -0.05) is 29.4 Å². The Morgan fingerprint density at radius 2 is 1.83 bits per heavy atom. The summed E-state index contributed by atoms with van der Waals surface area (Å²) >= 11 is 0. The number of rotatable bonds is 3. The van der Waals surface area contributed by atoms with Gasteiger partial charge in [0.1, 0.15) is 6.42 Å². The number of carbonyl (C=O) groups excluding carboxylic acids is 2. The van der Waals surface area contributed by atoms with Crippen molar-refractivity contribution in [3.05, 3.63) is 47.1 Å². The summed E-state index contributed by atoms with van der Waals surface area (Å²) in [5.74, 6) is 1.21. The molecule has 7 heteroatoms. The normalized spacial score (nSPS) is 22.5. The standard InChI is InChI=1S/C23H28N4O3/c1-16-24-20(30-25-16)14-21(28)26-12-8-23(9-13-26)15-18(17-6-2-3-7-19(17)23)22(29)27-10-4-5-11-27/h2-3,6-7,18H,4-5,8-15H2,1H3. The van der Waals surface area contributed by atoms with Gasteiger partial charge in [-0.3, -0.25) is 9.59 Å². The molecule has 2 saturated heterocycles. The van der Waals surface area contributed by atoms with E-state index in [1.165, 1.54) is 11.1 Å². The number of benzene rings is 1. The van der Waals surface area contributed by atoms with Crippen LogP contribution in [0.15, 0.2) is 28.8 Å². The van der Waals surface area contributed by atoms with Crippen molar-refractivity contribution in [1.82, 2.24) is 19.9 Å². The van der Waals surface area contributed by atoms with E-state index >= 15 is 0 Å². The van der Waals surface area contributed by atoms with E-state index in [9.17, 15) is 9.59 Å². The summed E-state index contributed by atoms with van der Waals surface area (Å²) in [6, 6.07) is 8.47. The molecule has 1 atom stereocenters. The highest BCUT2D eigenvalue weighted by Crippen LogP contribution is 2.52. The fourth-order valence-electron chi connectivity index (χ4n) is 5.58. The van der Waals surface area contributed by atoms with Crippen LogP contribution in [-0.4, -0.2) is 57.9 Å². The smallest absolute Gasteiger partial charge is 0.236 e. The highest BCUT2D eigenvalue weighted by molar-refractivity contribution is 5.86. The zero-order chi connectivity index (χ0) is 20.7. The Morgan fingerprint density at radius 1 is 1.10 bits per heavy atom. The molecule has 1 aromatic heterocycles. The first-order valence-electron chi connectivity index (χ1n) is 11.0. The van der Waals surface area contributed by atoms with Crippen LogP contribution in [0.1, 0.15) is 60.9 Å². The number of amides is 2. The van der Waals surface area contributed by atoms with Crippen molar-refractivity contribution in [3.8, 4) is 0 Å². The summed E-state index contributed by atoms with van der Waals surface area (Å²) < 4.78 is 5.10. The number of fused-ring (bicyclic) bond motifs is 2. The summed E-state index contributed by atoms with van der Waals surface area (Å²) in [6.45, 7) is 4.93. The van der Waals surface area contributed by atoms with Gasteiger partial charge in [0.05, 0.1) is 5.92 Å². The van der Waals surface area contributed by atoms with E-state index in [1.807, 2.05) is 15.9 Å². The number of hydrogen-bond donors (Lipinski definition) is 0. The van der Waals surface area contributed by atoms with Gasteiger partial charge in [0, 0.05) is 31.6 Å². The molecule has 158 valence electrons. The maximum absolute atomic E-state index is 13.3. The predicted octanol–water partition coefficient (Wildman–Crippen LogP) is 2.59. The molecular formula is C23H28N4O3. The Balaban J connectivity index is 1.31. The Morgan fingerprint density at radius 3 is 2.53 bits per heavy atom. The van der Waals surface area contributed by atoms with Crippen molar-refractivity contribution in [1.29, 1.82) is 0 Å². The van der Waals surface area contributed by atoms with E-state index < -0.39 is 0 Å². The summed E-state index contributed by atoms with van der Waals surface area (Å²) in [5.41, 5.74) is 2.52. The van der Waals surface area contributed by atoms with Crippen LogP contribution < -0.4 is 0 Å². The average Bonchev–Trinajstić information content (AvgIpc) is 3.49. The Kier molecular flexibility index (Phi) is 4.83. The summed E-state index contributed by atoms with van der Waals surface area (Å²) in [5, 5.41) is 3.76.